The van der Waals surface area contributed by atoms with Crippen LogP contribution in [0.1, 0.15) is 52.7 Å². The zero-order valence-electron chi connectivity index (χ0n) is 37.5. The first-order valence-corrected chi connectivity index (χ1v) is 23.7. The van der Waals surface area contributed by atoms with Crippen molar-refractivity contribution in [3.63, 3.8) is 0 Å². The van der Waals surface area contributed by atoms with Crippen LogP contribution in [-0.2, 0) is 0 Å². The highest BCUT2D eigenvalue weighted by atomic mass is 15.2. The number of rotatable bonds is 8. The van der Waals surface area contributed by atoms with Gasteiger partial charge in [0.1, 0.15) is 12.0 Å². The average Bonchev–Trinajstić information content (AvgIpc) is 3.94. The van der Waals surface area contributed by atoms with Gasteiger partial charge >= 0.3 is 0 Å². The van der Waals surface area contributed by atoms with Gasteiger partial charge in [0.2, 0.25) is 0 Å². The molecule has 3 heterocycles. The molecule has 0 saturated carbocycles. The number of anilines is 2. The van der Waals surface area contributed by atoms with E-state index in [1.165, 1.54) is 60.9 Å². The minimum atomic E-state index is -0.364. The second-order valence-corrected chi connectivity index (χ2v) is 18.0. The number of para-hydroxylation sites is 2. The van der Waals surface area contributed by atoms with E-state index in [9.17, 15) is 0 Å². The first-order valence-electron chi connectivity index (χ1n) is 23.7. The molecule has 2 aliphatic carbocycles. The number of nitrogens with zero attached hydrogens (tertiary/aromatic N) is 4. The second-order valence-electron chi connectivity index (χ2n) is 18.0. The lowest BCUT2D eigenvalue weighted by atomic mass is 9.91. The Balaban J connectivity index is 0.997. The Hall–Kier alpha value is -8.54. The monoisotopic (exact) mass is 873 g/mol. The molecule has 0 amide bonds. The zero-order chi connectivity index (χ0) is 45.0. The Morgan fingerprint density at radius 2 is 1.24 bits per heavy atom. The summed E-state index contributed by atoms with van der Waals surface area (Å²) in [6.07, 6.45) is 17.9. The van der Waals surface area contributed by atoms with Crippen LogP contribution in [0, 0.1) is 0 Å². The number of fused-ring (bicyclic) bond motifs is 6. The van der Waals surface area contributed by atoms with Gasteiger partial charge in [-0.1, -0.05) is 200 Å². The molecule has 324 valence electrons. The SMILES string of the molecule is C1=CC2c3ccc(-n4c5cc(-c6ccccc6)ccc5c5cccc(C6=CCCC=C6)c54)cc3N(c3ccccc3C3=NC(c4cccc(-c5ccccc5)c4)NC(c4ccccc4)=N3)C2C=C1. The van der Waals surface area contributed by atoms with Gasteiger partial charge in [-0.15, -0.1) is 0 Å². The minimum absolute atomic E-state index is 0.0561. The quantitative estimate of drug-likeness (QED) is 0.165. The van der Waals surface area contributed by atoms with Crippen molar-refractivity contribution in [2.24, 2.45) is 9.98 Å². The predicted octanol–water partition coefficient (Wildman–Crippen LogP) is 15.1. The molecule has 0 radical (unpaired) electrons. The van der Waals surface area contributed by atoms with Crippen LogP contribution in [-0.4, -0.2) is 22.3 Å². The zero-order valence-corrected chi connectivity index (χ0v) is 37.5. The molecule has 2 aliphatic heterocycles. The number of amidine groups is 2. The molecule has 1 aromatic heterocycles. The van der Waals surface area contributed by atoms with Gasteiger partial charge in [0, 0.05) is 44.8 Å². The normalized spacial score (nSPS) is 18.2. The van der Waals surface area contributed by atoms with E-state index in [0.29, 0.717) is 5.84 Å². The van der Waals surface area contributed by atoms with Crippen LogP contribution in [0.5, 0.6) is 0 Å². The summed E-state index contributed by atoms with van der Waals surface area (Å²) in [5.41, 5.74) is 17.4. The fourth-order valence-corrected chi connectivity index (χ4v) is 10.8. The van der Waals surface area contributed by atoms with E-state index in [1.807, 2.05) is 6.07 Å². The highest BCUT2D eigenvalue weighted by molar-refractivity contribution is 6.16. The van der Waals surface area contributed by atoms with E-state index in [0.717, 1.165) is 52.3 Å². The largest absolute Gasteiger partial charge is 0.344 e. The number of allylic oxidation sites excluding steroid dienone is 6. The summed E-state index contributed by atoms with van der Waals surface area (Å²) in [6.45, 7) is 0. The van der Waals surface area contributed by atoms with Crippen molar-refractivity contribution in [2.75, 3.05) is 4.90 Å². The summed E-state index contributed by atoms with van der Waals surface area (Å²) >= 11 is 0. The number of hydrogen-bond acceptors (Lipinski definition) is 4. The fourth-order valence-electron chi connectivity index (χ4n) is 10.8. The van der Waals surface area contributed by atoms with Crippen molar-refractivity contribution in [3.8, 4) is 27.9 Å². The molecule has 13 rings (SSSR count). The topological polar surface area (TPSA) is 44.9 Å². The molecule has 3 unspecified atom stereocenters. The molecule has 5 nitrogen and oxygen atoms in total. The summed E-state index contributed by atoms with van der Waals surface area (Å²) in [6, 6.07) is 70.1. The molecule has 68 heavy (non-hydrogen) atoms. The molecule has 1 N–H and O–H groups in total. The van der Waals surface area contributed by atoms with Crippen LogP contribution in [0.3, 0.4) is 0 Å². The summed E-state index contributed by atoms with van der Waals surface area (Å²) in [4.78, 5) is 13.4. The van der Waals surface area contributed by atoms with Crippen molar-refractivity contribution >= 4 is 50.4 Å². The molecule has 0 fully saturated rings. The third-order valence-corrected chi connectivity index (χ3v) is 14.0. The van der Waals surface area contributed by atoms with E-state index in [1.54, 1.807) is 0 Å². The Morgan fingerprint density at radius 1 is 0.529 bits per heavy atom. The lowest BCUT2D eigenvalue weighted by Gasteiger charge is -2.31. The first-order chi connectivity index (χ1) is 33.7. The van der Waals surface area contributed by atoms with Crippen molar-refractivity contribution < 1.29 is 0 Å². The molecule has 0 spiro atoms. The van der Waals surface area contributed by atoms with Crippen molar-refractivity contribution in [3.05, 3.63) is 264 Å². The number of aliphatic imine (C=N–C) groups is 2. The first kappa shape index (κ1) is 39.8. The van der Waals surface area contributed by atoms with Crippen LogP contribution in [0.15, 0.2) is 247 Å². The summed E-state index contributed by atoms with van der Waals surface area (Å²) in [5.74, 6) is 1.65. The number of hydrogen-bond donors (Lipinski definition) is 1. The van der Waals surface area contributed by atoms with E-state index in [2.05, 4.69) is 245 Å². The van der Waals surface area contributed by atoms with Crippen LogP contribution in [0.2, 0.25) is 0 Å². The summed E-state index contributed by atoms with van der Waals surface area (Å²) in [7, 11) is 0. The molecule has 0 saturated heterocycles. The molecule has 8 aromatic carbocycles. The highest BCUT2D eigenvalue weighted by Gasteiger charge is 2.39. The van der Waals surface area contributed by atoms with Crippen molar-refractivity contribution in [1.82, 2.24) is 9.88 Å². The van der Waals surface area contributed by atoms with Crippen molar-refractivity contribution in [1.29, 1.82) is 0 Å². The molecule has 5 heteroatoms. The van der Waals surface area contributed by atoms with E-state index >= 15 is 0 Å². The number of nitrogens with one attached hydrogen (secondary N) is 1. The average molecular weight is 874 g/mol. The molecule has 3 atom stereocenters. The maximum atomic E-state index is 5.48. The van der Waals surface area contributed by atoms with Gasteiger partial charge in [-0.25, -0.2) is 9.98 Å². The summed E-state index contributed by atoms with van der Waals surface area (Å²) in [5, 5.41) is 6.22. The molecule has 0 bridgehead atoms. The fraction of sp³-hybridized carbons (Fsp3) is 0.0794. The van der Waals surface area contributed by atoms with E-state index in [-0.39, 0.29) is 18.1 Å². The Morgan fingerprint density at radius 3 is 2.03 bits per heavy atom. The summed E-state index contributed by atoms with van der Waals surface area (Å²) < 4.78 is 2.52. The molecular weight excluding hydrogens is 827 g/mol. The van der Waals surface area contributed by atoms with Crippen LogP contribution >= 0.6 is 0 Å². The molecular formula is C63H47N5. The van der Waals surface area contributed by atoms with Gasteiger partial charge < -0.3 is 14.8 Å². The van der Waals surface area contributed by atoms with E-state index in [4.69, 9.17) is 9.98 Å². The van der Waals surface area contributed by atoms with Gasteiger partial charge in [0.25, 0.3) is 0 Å². The Kier molecular flexibility index (Phi) is 9.78. The van der Waals surface area contributed by atoms with Gasteiger partial charge in [0.15, 0.2) is 5.84 Å². The standard InChI is InChI=1S/C63H47N5/c1-5-19-42(20-6-1)46-27-17-28-48(39-46)62-64-61(45-25-11-4-12-26-45)65-63(66-62)55-30-14-16-34-57(55)68-56-33-15-13-29-51(56)52-38-36-49(41-59(52)68)67-58-40-47(43-21-7-2-8-22-43)35-37-53(58)54-32-18-31-50(60(54)67)44-23-9-3-10-24-44/h1-2,4-9,11-41,51,56,62H,3,10H2,(H,64,65,66). The maximum absolute atomic E-state index is 5.48. The lowest BCUT2D eigenvalue weighted by molar-refractivity contribution is 0.674. The van der Waals surface area contributed by atoms with E-state index < -0.39 is 0 Å². The van der Waals surface area contributed by atoms with Crippen molar-refractivity contribution in [2.45, 2.75) is 31.0 Å². The number of benzene rings is 8. The predicted molar refractivity (Wildman–Crippen MR) is 283 cm³/mol. The van der Waals surface area contributed by atoms with Crippen LogP contribution in [0.25, 0.3) is 55.3 Å². The molecule has 4 aliphatic rings. The smallest absolute Gasteiger partial charge is 0.161 e. The van der Waals surface area contributed by atoms with Gasteiger partial charge in [-0.3, -0.25) is 0 Å². The second kappa shape index (κ2) is 16.7. The Labute approximate surface area is 396 Å². The van der Waals surface area contributed by atoms with Gasteiger partial charge in [-0.05, 0) is 88.2 Å². The van der Waals surface area contributed by atoms with Gasteiger partial charge in [-0.2, -0.15) is 0 Å². The minimum Gasteiger partial charge on any atom is -0.344 e. The third kappa shape index (κ3) is 6.86. The number of aromatic nitrogens is 1. The van der Waals surface area contributed by atoms with Crippen LogP contribution in [0.4, 0.5) is 11.4 Å². The third-order valence-electron chi connectivity index (χ3n) is 14.0. The van der Waals surface area contributed by atoms with Gasteiger partial charge in [0.05, 0.1) is 22.8 Å². The highest BCUT2D eigenvalue weighted by Crippen LogP contribution is 2.50. The lowest BCUT2D eigenvalue weighted by Crippen LogP contribution is -2.34. The maximum Gasteiger partial charge on any atom is 0.161 e. The van der Waals surface area contributed by atoms with Crippen LogP contribution < -0.4 is 10.2 Å². The molecule has 9 aromatic rings. The Bertz CT molecular complexity index is 3610.